The maximum absolute atomic E-state index is 13.5. The Morgan fingerprint density at radius 3 is 2.68 bits per heavy atom. The van der Waals surface area contributed by atoms with Gasteiger partial charge in [-0.15, -0.1) is 0 Å². The van der Waals surface area contributed by atoms with Crippen molar-refractivity contribution >= 4 is 17.3 Å². The normalized spacial score (nSPS) is 15.4. The third-order valence-electron chi connectivity index (χ3n) is 4.41. The van der Waals surface area contributed by atoms with E-state index in [1.165, 1.54) is 16.8 Å². The van der Waals surface area contributed by atoms with Crippen LogP contribution in [0.2, 0.25) is 5.02 Å². The van der Waals surface area contributed by atoms with Gasteiger partial charge in [-0.05, 0) is 18.2 Å². The molecule has 0 atom stereocenters. The molecule has 25 heavy (non-hydrogen) atoms. The second kappa shape index (κ2) is 7.41. The Kier molecular flexibility index (Phi) is 5.24. The van der Waals surface area contributed by atoms with Crippen molar-refractivity contribution in [3.63, 3.8) is 0 Å². The van der Waals surface area contributed by atoms with E-state index in [0.717, 1.165) is 18.7 Å². The van der Waals surface area contributed by atoms with Crippen LogP contribution in [0, 0.1) is 5.82 Å². The van der Waals surface area contributed by atoms with E-state index in [4.69, 9.17) is 16.3 Å². The van der Waals surface area contributed by atoms with Crippen molar-refractivity contribution in [1.29, 1.82) is 0 Å². The van der Waals surface area contributed by atoms with Crippen LogP contribution in [-0.2, 0) is 13.6 Å². The van der Waals surface area contributed by atoms with E-state index in [9.17, 15) is 9.18 Å². The minimum absolute atomic E-state index is 0.192. The summed E-state index contributed by atoms with van der Waals surface area (Å²) < 4.78 is 20.0. The number of benzene rings is 1. The van der Waals surface area contributed by atoms with Crippen LogP contribution >= 0.6 is 11.6 Å². The number of hydrogen-bond acceptors (Lipinski definition) is 5. The Balaban J connectivity index is 1.68. The molecule has 0 bridgehead atoms. The van der Waals surface area contributed by atoms with Gasteiger partial charge < -0.3 is 9.64 Å². The highest BCUT2D eigenvalue weighted by Crippen LogP contribution is 2.24. The summed E-state index contributed by atoms with van der Waals surface area (Å²) in [4.78, 5) is 16.2. The van der Waals surface area contributed by atoms with E-state index in [1.807, 2.05) is 0 Å². The Hall–Kier alpha value is -2.12. The fourth-order valence-electron chi connectivity index (χ4n) is 2.98. The number of aromatic nitrogens is 2. The summed E-state index contributed by atoms with van der Waals surface area (Å²) >= 11 is 6.17. The highest BCUT2D eigenvalue weighted by atomic mass is 35.5. The van der Waals surface area contributed by atoms with E-state index < -0.39 is 0 Å². The van der Waals surface area contributed by atoms with Crippen molar-refractivity contribution in [2.24, 2.45) is 7.05 Å². The monoisotopic (exact) mass is 366 g/mol. The first-order chi connectivity index (χ1) is 12.0. The number of methoxy groups -OCH3 is 1. The molecule has 1 aliphatic heterocycles. The minimum atomic E-state index is -0.300. The number of ether oxygens (including phenoxy) is 1. The van der Waals surface area contributed by atoms with Crippen LogP contribution in [0.15, 0.2) is 29.2 Å². The van der Waals surface area contributed by atoms with Crippen LogP contribution in [0.3, 0.4) is 0 Å². The van der Waals surface area contributed by atoms with Gasteiger partial charge in [0.15, 0.2) is 0 Å². The van der Waals surface area contributed by atoms with E-state index in [2.05, 4.69) is 14.9 Å². The molecule has 8 heteroatoms. The van der Waals surface area contributed by atoms with Crippen LogP contribution < -0.4 is 15.2 Å². The third kappa shape index (κ3) is 3.77. The van der Waals surface area contributed by atoms with Crippen LogP contribution in [-0.4, -0.2) is 48.0 Å². The van der Waals surface area contributed by atoms with Crippen molar-refractivity contribution in [3.8, 4) is 5.75 Å². The molecule has 0 N–H and O–H groups in total. The van der Waals surface area contributed by atoms with Gasteiger partial charge in [-0.3, -0.25) is 9.69 Å². The van der Waals surface area contributed by atoms with Crippen molar-refractivity contribution in [1.82, 2.24) is 14.7 Å². The van der Waals surface area contributed by atoms with Crippen molar-refractivity contribution in [2.45, 2.75) is 6.54 Å². The summed E-state index contributed by atoms with van der Waals surface area (Å²) in [5.41, 5.74) is 1.18. The van der Waals surface area contributed by atoms with Gasteiger partial charge in [-0.25, -0.2) is 9.07 Å². The molecule has 1 saturated heterocycles. The summed E-state index contributed by atoms with van der Waals surface area (Å²) in [7, 11) is 3.15. The quantitative estimate of drug-likeness (QED) is 0.827. The molecule has 0 saturated carbocycles. The third-order valence-corrected chi connectivity index (χ3v) is 4.76. The number of hydrogen-bond donors (Lipinski definition) is 0. The fraction of sp³-hybridized carbons (Fsp3) is 0.412. The molecule has 134 valence electrons. The Morgan fingerprint density at radius 2 is 2.00 bits per heavy atom. The molecule has 1 fully saturated rings. The lowest BCUT2D eigenvalue weighted by atomic mass is 10.1. The van der Waals surface area contributed by atoms with Gasteiger partial charge in [0.1, 0.15) is 16.6 Å². The van der Waals surface area contributed by atoms with Crippen LogP contribution in [0.25, 0.3) is 0 Å². The minimum Gasteiger partial charge on any atom is -0.496 e. The predicted octanol–water partition coefficient (Wildman–Crippen LogP) is 1.90. The molecule has 0 amide bonds. The maximum atomic E-state index is 13.5. The zero-order chi connectivity index (χ0) is 18.0. The van der Waals surface area contributed by atoms with Gasteiger partial charge in [-0.2, -0.15) is 5.10 Å². The molecule has 0 radical (unpaired) electrons. The molecule has 1 aliphatic rings. The number of anilines is 1. The second-order valence-electron chi connectivity index (χ2n) is 5.99. The first-order valence-electron chi connectivity index (χ1n) is 8.01. The van der Waals surface area contributed by atoms with E-state index in [0.29, 0.717) is 31.1 Å². The lowest BCUT2D eigenvalue weighted by molar-refractivity contribution is 0.245. The van der Waals surface area contributed by atoms with Gasteiger partial charge in [0, 0.05) is 45.3 Å². The molecule has 1 aromatic carbocycles. The average Bonchev–Trinajstić information content (AvgIpc) is 2.61. The molecule has 0 unspecified atom stereocenters. The molecule has 6 nitrogen and oxygen atoms in total. The lowest BCUT2D eigenvalue weighted by Crippen LogP contribution is -2.46. The highest BCUT2D eigenvalue weighted by molar-refractivity contribution is 6.33. The fourth-order valence-corrected chi connectivity index (χ4v) is 3.27. The van der Waals surface area contributed by atoms with Gasteiger partial charge in [0.25, 0.3) is 5.56 Å². The maximum Gasteiger partial charge on any atom is 0.287 e. The Morgan fingerprint density at radius 1 is 1.28 bits per heavy atom. The Bertz CT molecular complexity index is 819. The van der Waals surface area contributed by atoms with Crippen LogP contribution in [0.5, 0.6) is 5.75 Å². The van der Waals surface area contributed by atoms with Crippen molar-refractivity contribution in [2.75, 3.05) is 38.2 Å². The van der Waals surface area contributed by atoms with E-state index >= 15 is 0 Å². The first kappa shape index (κ1) is 17.7. The van der Waals surface area contributed by atoms with Gasteiger partial charge in [0.2, 0.25) is 0 Å². The molecule has 2 heterocycles. The summed E-state index contributed by atoms with van der Waals surface area (Å²) in [6.45, 7) is 3.58. The van der Waals surface area contributed by atoms with Gasteiger partial charge in [-0.1, -0.05) is 11.6 Å². The number of aryl methyl sites for hydroxylation is 1. The molecule has 1 aromatic heterocycles. The zero-order valence-corrected chi connectivity index (χ0v) is 15.0. The molecular weight excluding hydrogens is 347 g/mol. The number of nitrogens with zero attached hydrogens (tertiary/aromatic N) is 4. The second-order valence-corrected chi connectivity index (χ2v) is 6.37. The number of halogens is 2. The SMILES string of the molecule is COc1ccc(F)cc1CN1CCN(c2cnn(C)c(=O)c2Cl)CC1. The molecule has 2 aromatic rings. The highest BCUT2D eigenvalue weighted by Gasteiger charge is 2.21. The average molecular weight is 367 g/mol. The summed E-state index contributed by atoms with van der Waals surface area (Å²) in [6, 6.07) is 4.55. The number of piperazine rings is 1. The zero-order valence-electron chi connectivity index (χ0n) is 14.2. The topological polar surface area (TPSA) is 50.6 Å². The smallest absolute Gasteiger partial charge is 0.287 e. The first-order valence-corrected chi connectivity index (χ1v) is 8.39. The van der Waals surface area contributed by atoms with E-state index in [-0.39, 0.29) is 16.4 Å². The summed E-state index contributed by atoms with van der Waals surface area (Å²) in [5.74, 6) is 0.412. The number of rotatable bonds is 4. The molecule has 0 aliphatic carbocycles. The predicted molar refractivity (Wildman–Crippen MR) is 94.9 cm³/mol. The Labute approximate surface area is 150 Å². The molecular formula is C17H20ClFN4O2. The molecule has 3 rings (SSSR count). The summed E-state index contributed by atoms with van der Waals surface area (Å²) in [6.07, 6.45) is 1.62. The van der Waals surface area contributed by atoms with Gasteiger partial charge in [0.05, 0.1) is 19.0 Å². The largest absolute Gasteiger partial charge is 0.496 e. The van der Waals surface area contributed by atoms with Crippen molar-refractivity contribution < 1.29 is 9.13 Å². The van der Waals surface area contributed by atoms with Crippen LogP contribution in [0.1, 0.15) is 5.56 Å². The van der Waals surface area contributed by atoms with Crippen LogP contribution in [0.4, 0.5) is 10.1 Å². The van der Waals surface area contributed by atoms with Gasteiger partial charge >= 0.3 is 0 Å². The standard InChI is InChI=1S/C17H20ClFN4O2/c1-21-17(24)16(18)14(10-20-21)23-7-5-22(6-8-23)11-12-9-13(19)3-4-15(12)25-2/h3-4,9-10H,5-8,11H2,1-2H3. The van der Waals surface area contributed by atoms with E-state index in [1.54, 1.807) is 26.4 Å². The summed E-state index contributed by atoms with van der Waals surface area (Å²) in [5, 5.41) is 4.23. The van der Waals surface area contributed by atoms with Crippen molar-refractivity contribution in [3.05, 3.63) is 51.2 Å². The lowest BCUT2D eigenvalue weighted by Gasteiger charge is -2.36. The molecule has 0 spiro atoms.